The molecule has 0 aliphatic rings. The van der Waals surface area contributed by atoms with E-state index in [1.165, 1.54) is 0 Å². The van der Waals surface area contributed by atoms with Crippen LogP contribution < -0.4 is 0 Å². The van der Waals surface area contributed by atoms with Crippen molar-refractivity contribution in [3.05, 3.63) is 28.8 Å². The second-order valence-electron chi connectivity index (χ2n) is 4.54. The molecule has 0 saturated carbocycles. The zero-order valence-corrected chi connectivity index (χ0v) is 9.89. The van der Waals surface area contributed by atoms with Gasteiger partial charge in [0.05, 0.1) is 5.02 Å². The van der Waals surface area contributed by atoms with E-state index in [-0.39, 0.29) is 11.2 Å². The van der Waals surface area contributed by atoms with Gasteiger partial charge in [-0.15, -0.1) is 0 Å². The normalized spacial score (nSPS) is 12.1. The number of phenols is 1. The van der Waals surface area contributed by atoms with Crippen molar-refractivity contribution in [2.24, 2.45) is 5.92 Å². The second-order valence-corrected chi connectivity index (χ2v) is 4.95. The fraction of sp³-hybridized carbons (Fsp3) is 0.500. The molecule has 1 N–H and O–H groups in total. The van der Waals surface area contributed by atoms with Gasteiger partial charge in [0.25, 0.3) is 0 Å². The number of halogens is 1. The molecule has 14 heavy (non-hydrogen) atoms. The van der Waals surface area contributed by atoms with Crippen molar-refractivity contribution >= 4 is 11.6 Å². The Hall–Kier alpha value is -0.690. The smallest absolute Gasteiger partial charge is 0.134 e. The molecule has 1 nitrogen and oxygen atoms in total. The Morgan fingerprint density at radius 3 is 2.29 bits per heavy atom. The standard InChI is InChI=1S/C12H17ClO/c1-8(2)12(3,4)9-5-6-11(14)10(13)7-9/h5-8,14H,1-4H3. The van der Waals surface area contributed by atoms with Crippen LogP contribution in [0.4, 0.5) is 0 Å². The van der Waals surface area contributed by atoms with Crippen molar-refractivity contribution in [2.45, 2.75) is 33.1 Å². The Labute approximate surface area is 90.7 Å². The van der Waals surface area contributed by atoms with E-state index in [0.29, 0.717) is 10.9 Å². The minimum Gasteiger partial charge on any atom is -0.506 e. The molecule has 0 fully saturated rings. The highest BCUT2D eigenvalue weighted by Crippen LogP contribution is 2.35. The van der Waals surface area contributed by atoms with Crippen LogP contribution in [0.1, 0.15) is 33.3 Å². The summed E-state index contributed by atoms with van der Waals surface area (Å²) in [5.41, 5.74) is 1.24. The molecule has 1 aromatic rings. The van der Waals surface area contributed by atoms with Gasteiger partial charge in [0, 0.05) is 0 Å². The third kappa shape index (κ3) is 2.03. The molecule has 0 aliphatic heterocycles. The predicted octanol–water partition coefficient (Wildman–Crippen LogP) is 3.98. The highest BCUT2D eigenvalue weighted by molar-refractivity contribution is 6.32. The second kappa shape index (κ2) is 3.82. The van der Waals surface area contributed by atoms with Gasteiger partial charge in [-0.25, -0.2) is 0 Å². The first-order chi connectivity index (χ1) is 6.35. The van der Waals surface area contributed by atoms with Gasteiger partial charge in [-0.05, 0) is 29.0 Å². The summed E-state index contributed by atoms with van der Waals surface area (Å²) in [6.07, 6.45) is 0. The molecule has 0 amide bonds. The Morgan fingerprint density at radius 1 is 1.29 bits per heavy atom. The maximum Gasteiger partial charge on any atom is 0.134 e. The molecule has 1 aromatic carbocycles. The van der Waals surface area contributed by atoms with E-state index in [9.17, 15) is 5.11 Å². The lowest BCUT2D eigenvalue weighted by Crippen LogP contribution is -2.24. The average molecular weight is 213 g/mol. The SMILES string of the molecule is CC(C)C(C)(C)c1ccc(O)c(Cl)c1. The molecule has 0 unspecified atom stereocenters. The maximum absolute atomic E-state index is 9.32. The molecule has 2 heteroatoms. The highest BCUT2D eigenvalue weighted by atomic mass is 35.5. The van der Waals surface area contributed by atoms with Crippen LogP contribution in [0.3, 0.4) is 0 Å². The van der Waals surface area contributed by atoms with E-state index >= 15 is 0 Å². The van der Waals surface area contributed by atoms with Crippen LogP contribution in [0, 0.1) is 5.92 Å². The van der Waals surface area contributed by atoms with Gasteiger partial charge in [-0.1, -0.05) is 45.4 Å². The van der Waals surface area contributed by atoms with E-state index in [0.717, 1.165) is 5.56 Å². The molecule has 0 radical (unpaired) electrons. The largest absolute Gasteiger partial charge is 0.506 e. The van der Waals surface area contributed by atoms with Gasteiger partial charge >= 0.3 is 0 Å². The molecular formula is C12H17ClO. The molecule has 0 aromatic heterocycles. The number of rotatable bonds is 2. The number of phenolic OH excluding ortho intramolecular Hbond substituents is 1. The number of hydrogen-bond donors (Lipinski definition) is 1. The van der Waals surface area contributed by atoms with Gasteiger partial charge in [0.1, 0.15) is 5.75 Å². The Balaban J connectivity index is 3.14. The molecule has 0 heterocycles. The Morgan fingerprint density at radius 2 is 1.86 bits per heavy atom. The summed E-state index contributed by atoms with van der Waals surface area (Å²) in [4.78, 5) is 0. The van der Waals surface area contributed by atoms with Gasteiger partial charge in [0.2, 0.25) is 0 Å². The van der Waals surface area contributed by atoms with Crippen LogP contribution in [0.25, 0.3) is 0 Å². The molecule has 0 aliphatic carbocycles. The van der Waals surface area contributed by atoms with E-state index in [1.807, 2.05) is 12.1 Å². The summed E-state index contributed by atoms with van der Waals surface area (Å²) in [5.74, 6) is 0.679. The third-order valence-corrected chi connectivity index (χ3v) is 3.44. The fourth-order valence-electron chi connectivity index (χ4n) is 1.24. The summed E-state index contributed by atoms with van der Waals surface area (Å²) < 4.78 is 0. The first-order valence-corrected chi connectivity index (χ1v) is 5.22. The number of aromatic hydroxyl groups is 1. The van der Waals surface area contributed by atoms with E-state index < -0.39 is 0 Å². The summed E-state index contributed by atoms with van der Waals surface area (Å²) in [6, 6.07) is 5.43. The molecule has 0 spiro atoms. The third-order valence-electron chi connectivity index (χ3n) is 3.14. The summed E-state index contributed by atoms with van der Waals surface area (Å²) in [7, 11) is 0. The fourth-order valence-corrected chi connectivity index (χ4v) is 1.42. The van der Waals surface area contributed by atoms with Crippen LogP contribution in [0.2, 0.25) is 5.02 Å². The summed E-state index contributed by atoms with van der Waals surface area (Å²) in [6.45, 7) is 8.72. The van der Waals surface area contributed by atoms with Crippen LogP contribution in [0.15, 0.2) is 18.2 Å². The van der Waals surface area contributed by atoms with Gasteiger partial charge in [0.15, 0.2) is 0 Å². The molecule has 78 valence electrons. The minimum atomic E-state index is 0.0807. The summed E-state index contributed by atoms with van der Waals surface area (Å²) >= 11 is 5.87. The van der Waals surface area contributed by atoms with Crippen LogP contribution in [-0.4, -0.2) is 5.11 Å². The monoisotopic (exact) mass is 212 g/mol. The van der Waals surface area contributed by atoms with Gasteiger partial charge in [-0.3, -0.25) is 0 Å². The lowest BCUT2D eigenvalue weighted by atomic mass is 9.75. The first kappa shape index (κ1) is 11.4. The van der Waals surface area contributed by atoms with Crippen LogP contribution in [-0.2, 0) is 5.41 Å². The predicted molar refractivity (Wildman–Crippen MR) is 61.0 cm³/mol. The van der Waals surface area contributed by atoms with Crippen molar-refractivity contribution in [3.63, 3.8) is 0 Å². The molecule has 0 saturated heterocycles. The van der Waals surface area contributed by atoms with E-state index in [1.54, 1.807) is 6.07 Å². The lowest BCUT2D eigenvalue weighted by Gasteiger charge is -2.30. The molecule has 1 rings (SSSR count). The number of benzene rings is 1. The topological polar surface area (TPSA) is 20.2 Å². The van der Waals surface area contributed by atoms with E-state index in [2.05, 4.69) is 27.7 Å². The molecular weight excluding hydrogens is 196 g/mol. The van der Waals surface area contributed by atoms with E-state index in [4.69, 9.17) is 11.6 Å². The minimum absolute atomic E-state index is 0.0807. The Kier molecular flexibility index (Phi) is 3.10. The quantitative estimate of drug-likeness (QED) is 0.786. The van der Waals surface area contributed by atoms with Crippen molar-refractivity contribution in [3.8, 4) is 5.75 Å². The molecule has 0 bridgehead atoms. The average Bonchev–Trinajstić information content (AvgIpc) is 2.09. The van der Waals surface area contributed by atoms with Crippen molar-refractivity contribution in [1.82, 2.24) is 0 Å². The zero-order valence-electron chi connectivity index (χ0n) is 9.13. The van der Waals surface area contributed by atoms with Gasteiger partial charge in [-0.2, -0.15) is 0 Å². The zero-order chi connectivity index (χ0) is 10.9. The van der Waals surface area contributed by atoms with Crippen molar-refractivity contribution in [2.75, 3.05) is 0 Å². The van der Waals surface area contributed by atoms with Crippen LogP contribution in [0.5, 0.6) is 5.75 Å². The maximum atomic E-state index is 9.32. The lowest BCUT2D eigenvalue weighted by molar-refractivity contribution is 0.371. The van der Waals surface area contributed by atoms with Crippen molar-refractivity contribution in [1.29, 1.82) is 0 Å². The van der Waals surface area contributed by atoms with Crippen molar-refractivity contribution < 1.29 is 5.11 Å². The first-order valence-electron chi connectivity index (χ1n) is 4.84. The van der Waals surface area contributed by atoms with Gasteiger partial charge < -0.3 is 5.11 Å². The number of hydrogen-bond acceptors (Lipinski definition) is 1. The molecule has 0 atom stereocenters. The van der Waals surface area contributed by atoms with Crippen LogP contribution >= 0.6 is 11.6 Å². The summed E-state index contributed by atoms with van der Waals surface area (Å²) in [5, 5.41) is 9.74. The highest BCUT2D eigenvalue weighted by Gasteiger charge is 2.25. The Bertz CT molecular complexity index is 329.